The van der Waals surface area contributed by atoms with Gasteiger partial charge in [0.05, 0.1) is 0 Å². The van der Waals surface area contributed by atoms with Crippen molar-refractivity contribution in [1.29, 1.82) is 0 Å². The maximum atomic E-state index is 11.3. The third-order valence-electron chi connectivity index (χ3n) is 2.34. The van der Waals surface area contributed by atoms with E-state index in [1.54, 1.807) is 0 Å². The molecule has 0 aromatic heterocycles. The number of carbonyl (C=O) groups excluding carboxylic acids is 1. The molecule has 1 aliphatic carbocycles. The van der Waals surface area contributed by atoms with Gasteiger partial charge in [0, 0.05) is 17.8 Å². The van der Waals surface area contributed by atoms with Crippen molar-refractivity contribution in [3.63, 3.8) is 0 Å². The fourth-order valence-electron chi connectivity index (χ4n) is 1.25. The fraction of sp³-hybridized carbons (Fsp3) is 0.889. The second-order valence-corrected chi connectivity index (χ2v) is 4.11. The Labute approximate surface area is 82.2 Å². The molecule has 1 rings (SSSR count). The molecule has 2 nitrogen and oxygen atoms in total. The van der Waals surface area contributed by atoms with E-state index in [0.29, 0.717) is 5.92 Å². The number of halogens is 1. The summed E-state index contributed by atoms with van der Waals surface area (Å²) in [6.45, 7) is 0.848. The highest BCUT2D eigenvalue weighted by Crippen LogP contribution is 2.25. The smallest absolute Gasteiger partial charge is 0.223 e. The van der Waals surface area contributed by atoms with E-state index in [1.807, 2.05) is 0 Å². The van der Waals surface area contributed by atoms with E-state index in [1.165, 1.54) is 6.42 Å². The Balaban J connectivity index is 1.94. The highest BCUT2D eigenvalue weighted by Gasteiger charge is 2.24. The second-order valence-electron chi connectivity index (χ2n) is 3.31. The molecule has 0 spiro atoms. The Morgan fingerprint density at radius 3 is 2.67 bits per heavy atom. The summed E-state index contributed by atoms with van der Waals surface area (Å²) >= 11 is 3.36. The molecule has 0 atom stereocenters. The van der Waals surface area contributed by atoms with E-state index in [0.717, 1.165) is 37.6 Å². The molecule has 0 unspecified atom stereocenters. The lowest BCUT2D eigenvalue weighted by molar-refractivity contribution is -0.127. The zero-order chi connectivity index (χ0) is 8.81. The largest absolute Gasteiger partial charge is 0.356 e. The lowest BCUT2D eigenvalue weighted by Crippen LogP contribution is -2.34. The van der Waals surface area contributed by atoms with Crippen LogP contribution in [0.25, 0.3) is 0 Å². The molecule has 3 heteroatoms. The van der Waals surface area contributed by atoms with Crippen LogP contribution in [0.4, 0.5) is 0 Å². The summed E-state index contributed by atoms with van der Waals surface area (Å²) in [7, 11) is 0. The van der Waals surface area contributed by atoms with Crippen molar-refractivity contribution in [2.75, 3.05) is 11.9 Å². The van der Waals surface area contributed by atoms with Crippen molar-refractivity contribution in [2.45, 2.75) is 32.1 Å². The van der Waals surface area contributed by atoms with Crippen LogP contribution >= 0.6 is 15.9 Å². The first-order chi connectivity index (χ1) is 5.84. The molecule has 0 saturated heterocycles. The van der Waals surface area contributed by atoms with Crippen LogP contribution in [0, 0.1) is 5.92 Å². The van der Waals surface area contributed by atoms with Gasteiger partial charge in [-0.05, 0) is 25.7 Å². The Bertz CT molecular complexity index is 145. The molecule has 1 N–H and O–H groups in total. The third-order valence-corrected chi connectivity index (χ3v) is 2.90. The van der Waals surface area contributed by atoms with Crippen LogP contribution in [-0.4, -0.2) is 17.8 Å². The van der Waals surface area contributed by atoms with Gasteiger partial charge in [-0.2, -0.15) is 0 Å². The van der Waals surface area contributed by atoms with Gasteiger partial charge in [0.15, 0.2) is 0 Å². The molecule has 0 aromatic rings. The van der Waals surface area contributed by atoms with E-state index < -0.39 is 0 Å². The molecule has 1 saturated carbocycles. The molecule has 0 heterocycles. The number of alkyl halides is 1. The van der Waals surface area contributed by atoms with Crippen LogP contribution in [-0.2, 0) is 4.79 Å². The van der Waals surface area contributed by atoms with Crippen molar-refractivity contribution in [3.8, 4) is 0 Å². The first kappa shape index (κ1) is 10.0. The number of amides is 1. The average Bonchev–Trinajstić information content (AvgIpc) is 1.95. The second kappa shape index (κ2) is 5.57. The molecule has 1 aliphatic rings. The minimum absolute atomic E-state index is 0.274. The van der Waals surface area contributed by atoms with Gasteiger partial charge in [-0.3, -0.25) is 4.79 Å². The van der Waals surface area contributed by atoms with Gasteiger partial charge in [-0.1, -0.05) is 22.4 Å². The zero-order valence-corrected chi connectivity index (χ0v) is 8.90. The van der Waals surface area contributed by atoms with Crippen LogP contribution in [0.15, 0.2) is 0 Å². The SMILES string of the molecule is O=C(NCCCCBr)C1CCC1. The zero-order valence-electron chi connectivity index (χ0n) is 7.31. The van der Waals surface area contributed by atoms with E-state index in [4.69, 9.17) is 0 Å². The van der Waals surface area contributed by atoms with E-state index in [9.17, 15) is 4.79 Å². The Morgan fingerprint density at radius 1 is 1.42 bits per heavy atom. The minimum atomic E-state index is 0.274. The summed E-state index contributed by atoms with van der Waals surface area (Å²) < 4.78 is 0. The number of nitrogens with one attached hydrogen (secondary N) is 1. The Morgan fingerprint density at radius 2 is 2.17 bits per heavy atom. The maximum Gasteiger partial charge on any atom is 0.223 e. The highest BCUT2D eigenvalue weighted by atomic mass is 79.9. The summed E-state index contributed by atoms with van der Waals surface area (Å²) in [5.74, 6) is 0.616. The molecule has 12 heavy (non-hydrogen) atoms. The standard InChI is InChI=1S/C9H16BrNO/c10-6-1-2-7-11-9(12)8-4-3-5-8/h8H,1-7H2,(H,11,12). The molecule has 1 amide bonds. The van der Waals surface area contributed by atoms with E-state index >= 15 is 0 Å². The minimum Gasteiger partial charge on any atom is -0.356 e. The number of hydrogen-bond acceptors (Lipinski definition) is 1. The summed E-state index contributed by atoms with van der Waals surface area (Å²) in [4.78, 5) is 11.3. The van der Waals surface area contributed by atoms with Crippen LogP contribution in [0.3, 0.4) is 0 Å². The van der Waals surface area contributed by atoms with Crippen molar-refractivity contribution in [1.82, 2.24) is 5.32 Å². The van der Waals surface area contributed by atoms with E-state index in [-0.39, 0.29) is 5.91 Å². The molecular weight excluding hydrogens is 218 g/mol. The van der Waals surface area contributed by atoms with Gasteiger partial charge >= 0.3 is 0 Å². The van der Waals surface area contributed by atoms with Gasteiger partial charge in [-0.25, -0.2) is 0 Å². The van der Waals surface area contributed by atoms with Gasteiger partial charge in [-0.15, -0.1) is 0 Å². The summed E-state index contributed by atoms with van der Waals surface area (Å²) in [6.07, 6.45) is 5.67. The monoisotopic (exact) mass is 233 g/mol. The Kier molecular flexibility index (Phi) is 4.66. The topological polar surface area (TPSA) is 29.1 Å². The summed E-state index contributed by atoms with van der Waals surface area (Å²) in [5, 5.41) is 3.99. The van der Waals surface area contributed by atoms with Crippen molar-refractivity contribution in [2.24, 2.45) is 5.92 Å². The molecule has 0 bridgehead atoms. The van der Waals surface area contributed by atoms with E-state index in [2.05, 4.69) is 21.2 Å². The molecule has 1 fully saturated rings. The number of rotatable bonds is 5. The summed E-state index contributed by atoms with van der Waals surface area (Å²) in [5.41, 5.74) is 0. The van der Waals surface area contributed by atoms with Crippen molar-refractivity contribution < 1.29 is 4.79 Å². The first-order valence-electron chi connectivity index (χ1n) is 4.68. The lowest BCUT2D eigenvalue weighted by atomic mass is 9.85. The molecule has 0 aromatic carbocycles. The normalized spacial score (nSPS) is 17.1. The lowest BCUT2D eigenvalue weighted by Gasteiger charge is -2.23. The van der Waals surface area contributed by atoms with Crippen LogP contribution < -0.4 is 5.32 Å². The maximum absolute atomic E-state index is 11.3. The molecule has 0 radical (unpaired) electrons. The predicted octanol–water partition coefficient (Wildman–Crippen LogP) is 2.08. The summed E-state index contributed by atoms with van der Waals surface area (Å²) in [6, 6.07) is 0. The fourth-order valence-corrected chi connectivity index (χ4v) is 1.64. The van der Waals surface area contributed by atoms with Crippen LogP contribution in [0.2, 0.25) is 0 Å². The highest BCUT2D eigenvalue weighted by molar-refractivity contribution is 9.09. The quantitative estimate of drug-likeness (QED) is 0.572. The van der Waals surface area contributed by atoms with Gasteiger partial charge in [0.25, 0.3) is 0 Å². The van der Waals surface area contributed by atoms with Crippen LogP contribution in [0.5, 0.6) is 0 Å². The number of carbonyl (C=O) groups is 1. The van der Waals surface area contributed by atoms with Gasteiger partial charge in [0.1, 0.15) is 0 Å². The van der Waals surface area contributed by atoms with Gasteiger partial charge in [0.2, 0.25) is 5.91 Å². The van der Waals surface area contributed by atoms with Crippen molar-refractivity contribution in [3.05, 3.63) is 0 Å². The first-order valence-corrected chi connectivity index (χ1v) is 5.80. The number of unbranched alkanes of at least 4 members (excludes halogenated alkanes) is 1. The molecule has 70 valence electrons. The van der Waals surface area contributed by atoms with Gasteiger partial charge < -0.3 is 5.32 Å². The van der Waals surface area contributed by atoms with Crippen molar-refractivity contribution >= 4 is 21.8 Å². The Hall–Kier alpha value is -0.0500. The average molecular weight is 234 g/mol. The molecular formula is C9H16BrNO. The third kappa shape index (κ3) is 3.13. The van der Waals surface area contributed by atoms with Crippen LogP contribution in [0.1, 0.15) is 32.1 Å². The molecule has 0 aliphatic heterocycles. The predicted molar refractivity (Wildman–Crippen MR) is 53.4 cm³/mol. The number of hydrogen-bond donors (Lipinski definition) is 1.